The van der Waals surface area contributed by atoms with Gasteiger partial charge in [0.1, 0.15) is 5.69 Å². The molecule has 0 aromatic carbocycles. The zero-order valence-electron chi connectivity index (χ0n) is 13.0. The Kier molecular flexibility index (Phi) is 4.81. The lowest BCUT2D eigenvalue weighted by molar-refractivity contribution is -0.113. The third-order valence-electron chi connectivity index (χ3n) is 4.56. The van der Waals surface area contributed by atoms with E-state index in [1.165, 1.54) is 11.3 Å². The average molecular weight is 399 g/mol. The zero-order valence-corrected chi connectivity index (χ0v) is 14.6. The highest BCUT2D eigenvalue weighted by Crippen LogP contribution is 2.44. The predicted octanol–water partition coefficient (Wildman–Crippen LogP) is 1.20. The Bertz CT molecular complexity index is 730. The molecule has 2 saturated heterocycles. The number of carbonyl (C=O) groups is 1. The topological polar surface area (TPSA) is 88.6 Å². The normalized spacial score (nSPS) is 23.6. The Balaban J connectivity index is 1.53. The van der Waals surface area contributed by atoms with Crippen molar-refractivity contribution in [3.05, 3.63) is 16.6 Å². The highest BCUT2D eigenvalue weighted by molar-refractivity contribution is 7.90. The molecule has 1 N–H and O–H groups in total. The van der Waals surface area contributed by atoms with Gasteiger partial charge >= 0.3 is 15.5 Å². The Morgan fingerprint density at radius 3 is 2.80 bits per heavy atom. The summed E-state index contributed by atoms with van der Waals surface area (Å²) in [7, 11) is -5.31. The fourth-order valence-electron chi connectivity index (χ4n) is 3.18. The molecular weight excluding hydrogens is 383 g/mol. The van der Waals surface area contributed by atoms with E-state index in [9.17, 15) is 26.4 Å². The maximum Gasteiger partial charge on any atom is 0.511 e. The summed E-state index contributed by atoms with van der Waals surface area (Å²) in [5.74, 6) is -0.424. The number of alkyl halides is 3. The molecule has 1 amide bonds. The van der Waals surface area contributed by atoms with Crippen molar-refractivity contribution in [2.24, 2.45) is 5.92 Å². The molecule has 7 nitrogen and oxygen atoms in total. The summed E-state index contributed by atoms with van der Waals surface area (Å²) in [6.45, 7) is 0.0713. The maximum absolute atomic E-state index is 12.6. The second kappa shape index (κ2) is 6.49. The van der Waals surface area contributed by atoms with Crippen LogP contribution in [0.5, 0.6) is 0 Å². The van der Waals surface area contributed by atoms with Crippen LogP contribution in [0, 0.1) is 5.92 Å². The number of thiazole rings is 1. The van der Waals surface area contributed by atoms with Gasteiger partial charge in [-0.2, -0.15) is 17.5 Å². The Morgan fingerprint density at radius 1 is 1.48 bits per heavy atom. The molecule has 1 aromatic rings. The summed E-state index contributed by atoms with van der Waals surface area (Å²) >= 11 is 1.30. The van der Waals surface area contributed by atoms with Crippen LogP contribution in [0.3, 0.4) is 0 Å². The lowest BCUT2D eigenvalue weighted by Crippen LogP contribution is -2.67. The number of nitrogens with zero attached hydrogens (tertiary/aromatic N) is 2. The maximum atomic E-state index is 12.6. The molecular formula is C13H16F3N3O4S2. The van der Waals surface area contributed by atoms with Crippen LogP contribution in [0.4, 0.5) is 13.2 Å². The summed E-state index contributed by atoms with van der Waals surface area (Å²) in [6, 6.07) is 0. The highest BCUT2D eigenvalue weighted by Gasteiger charge is 2.61. The Morgan fingerprint density at radius 2 is 2.20 bits per heavy atom. The first-order chi connectivity index (χ1) is 11.7. The zero-order chi connectivity index (χ0) is 18.3. The average Bonchev–Trinajstić information content (AvgIpc) is 3.13. The van der Waals surface area contributed by atoms with Gasteiger partial charge in [0.2, 0.25) is 0 Å². The van der Waals surface area contributed by atoms with Crippen molar-refractivity contribution in [2.75, 3.05) is 26.2 Å². The van der Waals surface area contributed by atoms with E-state index in [2.05, 4.69) is 10.3 Å². The van der Waals surface area contributed by atoms with Crippen LogP contribution >= 0.6 is 11.3 Å². The fourth-order valence-corrected chi connectivity index (χ4v) is 4.79. The molecule has 0 bridgehead atoms. The lowest BCUT2D eigenvalue weighted by atomic mass is 9.80. The van der Waals surface area contributed by atoms with Gasteiger partial charge in [-0.15, -0.1) is 11.3 Å². The van der Waals surface area contributed by atoms with Crippen LogP contribution in [0.15, 0.2) is 10.9 Å². The summed E-state index contributed by atoms with van der Waals surface area (Å²) in [4.78, 5) is 15.7. The smallest absolute Gasteiger partial charge is 0.372 e. The number of sulfonamides is 1. The molecule has 12 heteroatoms. The molecule has 2 aliphatic rings. The summed E-state index contributed by atoms with van der Waals surface area (Å²) in [5.41, 5.74) is -4.33. The van der Waals surface area contributed by atoms with Gasteiger partial charge in [0.25, 0.3) is 5.91 Å². The van der Waals surface area contributed by atoms with E-state index < -0.39 is 21.1 Å². The van der Waals surface area contributed by atoms with Crippen molar-refractivity contribution in [2.45, 2.75) is 24.0 Å². The summed E-state index contributed by atoms with van der Waals surface area (Å²) < 4.78 is 66.5. The first kappa shape index (κ1) is 18.5. The minimum atomic E-state index is -5.31. The molecule has 140 valence electrons. The summed E-state index contributed by atoms with van der Waals surface area (Å²) in [6.07, 6.45) is 1.11. The lowest BCUT2D eigenvalue weighted by Gasteiger charge is -2.49. The number of nitrogens with one attached hydrogen (secondary N) is 1. The van der Waals surface area contributed by atoms with E-state index in [4.69, 9.17) is 4.74 Å². The first-order valence-corrected chi connectivity index (χ1v) is 9.91. The molecule has 0 radical (unpaired) electrons. The van der Waals surface area contributed by atoms with Gasteiger partial charge in [-0.05, 0) is 18.8 Å². The van der Waals surface area contributed by atoms with E-state index in [1.807, 2.05) is 0 Å². The van der Waals surface area contributed by atoms with Crippen LogP contribution in [0.1, 0.15) is 23.3 Å². The van der Waals surface area contributed by atoms with Crippen molar-refractivity contribution in [1.29, 1.82) is 0 Å². The number of aromatic nitrogens is 1. The summed E-state index contributed by atoms with van der Waals surface area (Å²) in [5, 5.41) is 4.31. The number of halogens is 3. The Labute approximate surface area is 146 Å². The van der Waals surface area contributed by atoms with Crippen LogP contribution < -0.4 is 5.32 Å². The molecule has 25 heavy (non-hydrogen) atoms. The van der Waals surface area contributed by atoms with Crippen LogP contribution in [0.25, 0.3) is 0 Å². The van der Waals surface area contributed by atoms with E-state index in [-0.39, 0.29) is 24.9 Å². The number of amides is 1. The molecule has 2 aliphatic heterocycles. The Hall–Kier alpha value is -1.24. The number of hydrogen-bond donors (Lipinski definition) is 1. The van der Waals surface area contributed by atoms with Crippen LogP contribution in [0.2, 0.25) is 0 Å². The molecule has 1 spiro atoms. The van der Waals surface area contributed by atoms with Crippen molar-refractivity contribution in [3.63, 3.8) is 0 Å². The second-order valence-corrected chi connectivity index (χ2v) is 8.68. The van der Waals surface area contributed by atoms with Crippen LogP contribution in [-0.2, 0) is 14.8 Å². The van der Waals surface area contributed by atoms with Crippen molar-refractivity contribution >= 4 is 27.3 Å². The standard InChI is InChI=1S/C13H16F3N3O4S2/c14-13(15,16)25(21,22)19-6-12(7-19)9(2-4-23-12)1-3-17-11(20)10-5-24-8-18-10/h5,8-9H,1-4,6-7H2,(H,17,20)/t9-/m1/s1. The van der Waals surface area contributed by atoms with Gasteiger partial charge < -0.3 is 10.1 Å². The number of rotatable bonds is 5. The third kappa shape index (κ3) is 3.39. The number of carbonyl (C=O) groups excluding carboxylic acids is 1. The molecule has 1 aromatic heterocycles. The van der Waals surface area contributed by atoms with Gasteiger partial charge in [0, 0.05) is 31.6 Å². The minimum absolute atomic E-state index is 0.108. The van der Waals surface area contributed by atoms with Crippen molar-refractivity contribution in [1.82, 2.24) is 14.6 Å². The third-order valence-corrected chi connectivity index (χ3v) is 6.67. The monoisotopic (exact) mass is 399 g/mol. The van der Waals surface area contributed by atoms with Gasteiger partial charge in [-0.3, -0.25) is 4.79 Å². The molecule has 2 fully saturated rings. The second-order valence-electron chi connectivity index (χ2n) is 6.04. The van der Waals surface area contributed by atoms with Gasteiger partial charge in [-0.1, -0.05) is 0 Å². The minimum Gasteiger partial charge on any atom is -0.372 e. The quantitative estimate of drug-likeness (QED) is 0.804. The van der Waals surface area contributed by atoms with Gasteiger partial charge in [-0.25, -0.2) is 13.4 Å². The van der Waals surface area contributed by atoms with E-state index in [0.717, 1.165) is 0 Å². The highest BCUT2D eigenvalue weighted by atomic mass is 32.2. The molecule has 0 unspecified atom stereocenters. The fraction of sp³-hybridized carbons (Fsp3) is 0.692. The molecule has 0 aliphatic carbocycles. The molecule has 3 heterocycles. The van der Waals surface area contributed by atoms with Crippen LogP contribution in [-0.4, -0.2) is 61.0 Å². The first-order valence-electron chi connectivity index (χ1n) is 7.52. The predicted molar refractivity (Wildman–Crippen MR) is 82.4 cm³/mol. The van der Waals surface area contributed by atoms with E-state index >= 15 is 0 Å². The largest absolute Gasteiger partial charge is 0.511 e. The van der Waals surface area contributed by atoms with E-state index in [0.29, 0.717) is 36.0 Å². The van der Waals surface area contributed by atoms with Crippen molar-refractivity contribution < 1.29 is 31.1 Å². The number of hydrogen-bond acceptors (Lipinski definition) is 6. The molecule has 3 rings (SSSR count). The van der Waals surface area contributed by atoms with Crippen molar-refractivity contribution in [3.8, 4) is 0 Å². The number of ether oxygens (including phenoxy) is 1. The SMILES string of the molecule is O=C(NCC[C@@H]1CCOC12CN(S(=O)(=O)C(F)(F)F)C2)c1cscn1. The molecule has 0 saturated carbocycles. The van der Waals surface area contributed by atoms with E-state index in [1.54, 1.807) is 10.9 Å². The van der Waals surface area contributed by atoms with Gasteiger partial charge in [0.15, 0.2) is 0 Å². The molecule has 1 atom stereocenters. The van der Waals surface area contributed by atoms with Gasteiger partial charge in [0.05, 0.1) is 11.1 Å².